The molecule has 0 aliphatic carbocycles. The lowest BCUT2D eigenvalue weighted by Crippen LogP contribution is -2.09. The first kappa shape index (κ1) is 16.6. The van der Waals surface area contributed by atoms with E-state index in [0.29, 0.717) is 11.8 Å². The standard InChI is InChI=1S/C19H28O/c1-7-8-9-15(4)11-18-12-16(5)10-17(6)19(18)20-13-14(2)3/h10,12,14-15H,7,11,13H2,1-6H3. The Balaban J connectivity index is 2.97. The SMILES string of the molecule is CCC#CC(C)Cc1cc(C)cc(C)c1OCC(C)C. The quantitative estimate of drug-likeness (QED) is 0.691. The molecule has 0 radical (unpaired) electrons. The van der Waals surface area contributed by atoms with Crippen LogP contribution in [0.15, 0.2) is 12.1 Å². The predicted octanol–water partition coefficient (Wildman–Crippen LogP) is 4.93. The van der Waals surface area contributed by atoms with E-state index in [4.69, 9.17) is 4.74 Å². The molecule has 0 aliphatic rings. The van der Waals surface area contributed by atoms with Crippen LogP contribution in [-0.2, 0) is 6.42 Å². The molecule has 1 atom stereocenters. The maximum Gasteiger partial charge on any atom is 0.125 e. The maximum atomic E-state index is 6.04. The van der Waals surface area contributed by atoms with Gasteiger partial charge in [0.2, 0.25) is 0 Å². The molecule has 0 spiro atoms. The lowest BCUT2D eigenvalue weighted by atomic mass is 9.96. The molecular formula is C19H28O. The Hall–Kier alpha value is -1.42. The van der Waals surface area contributed by atoms with E-state index in [-0.39, 0.29) is 0 Å². The van der Waals surface area contributed by atoms with E-state index in [9.17, 15) is 0 Å². The molecule has 0 aromatic heterocycles. The summed E-state index contributed by atoms with van der Waals surface area (Å²) in [7, 11) is 0. The topological polar surface area (TPSA) is 9.23 Å². The monoisotopic (exact) mass is 272 g/mol. The second-order valence-corrected chi connectivity index (χ2v) is 6.05. The van der Waals surface area contributed by atoms with Crippen molar-refractivity contribution in [2.45, 2.75) is 54.4 Å². The number of ether oxygens (including phenoxy) is 1. The smallest absolute Gasteiger partial charge is 0.125 e. The van der Waals surface area contributed by atoms with E-state index in [1.807, 2.05) is 0 Å². The second kappa shape index (κ2) is 8.00. The molecule has 0 saturated heterocycles. The van der Waals surface area contributed by atoms with Gasteiger partial charge in [0.1, 0.15) is 5.75 Å². The summed E-state index contributed by atoms with van der Waals surface area (Å²) in [6.45, 7) is 13.7. The first-order valence-corrected chi connectivity index (χ1v) is 7.65. The van der Waals surface area contributed by atoms with Gasteiger partial charge in [0.25, 0.3) is 0 Å². The van der Waals surface area contributed by atoms with Gasteiger partial charge in [0, 0.05) is 12.3 Å². The van der Waals surface area contributed by atoms with Crippen molar-refractivity contribution < 1.29 is 4.74 Å². The molecule has 0 aliphatic heterocycles. The first-order chi connectivity index (χ1) is 9.43. The minimum Gasteiger partial charge on any atom is -0.493 e. The highest BCUT2D eigenvalue weighted by molar-refractivity contribution is 5.44. The molecule has 1 nitrogen and oxygen atoms in total. The summed E-state index contributed by atoms with van der Waals surface area (Å²) in [6.07, 6.45) is 1.89. The Morgan fingerprint density at radius 3 is 2.45 bits per heavy atom. The van der Waals surface area contributed by atoms with Crippen LogP contribution in [0.2, 0.25) is 0 Å². The van der Waals surface area contributed by atoms with Crippen molar-refractivity contribution >= 4 is 0 Å². The van der Waals surface area contributed by atoms with Crippen LogP contribution in [0.5, 0.6) is 5.75 Å². The zero-order valence-electron chi connectivity index (χ0n) is 13.8. The van der Waals surface area contributed by atoms with E-state index < -0.39 is 0 Å². The van der Waals surface area contributed by atoms with Crippen LogP contribution in [0.3, 0.4) is 0 Å². The summed E-state index contributed by atoms with van der Waals surface area (Å²) in [5.41, 5.74) is 3.82. The molecular weight excluding hydrogens is 244 g/mol. The lowest BCUT2D eigenvalue weighted by Gasteiger charge is -2.17. The number of aryl methyl sites for hydroxylation is 2. The van der Waals surface area contributed by atoms with E-state index in [0.717, 1.165) is 25.2 Å². The van der Waals surface area contributed by atoms with Gasteiger partial charge in [0.15, 0.2) is 0 Å². The molecule has 0 amide bonds. The Labute approximate surface area is 124 Å². The van der Waals surface area contributed by atoms with Gasteiger partial charge in [0.05, 0.1) is 6.61 Å². The van der Waals surface area contributed by atoms with Crippen molar-refractivity contribution in [3.05, 3.63) is 28.8 Å². The summed E-state index contributed by atoms with van der Waals surface area (Å²) < 4.78 is 6.04. The summed E-state index contributed by atoms with van der Waals surface area (Å²) in [4.78, 5) is 0. The Kier molecular flexibility index (Phi) is 6.65. The first-order valence-electron chi connectivity index (χ1n) is 7.65. The third-order valence-electron chi connectivity index (χ3n) is 3.11. The third kappa shape index (κ3) is 5.29. The Morgan fingerprint density at radius 1 is 1.15 bits per heavy atom. The minimum atomic E-state index is 0.373. The van der Waals surface area contributed by atoms with Gasteiger partial charge in [-0.1, -0.05) is 51.3 Å². The zero-order chi connectivity index (χ0) is 15.1. The van der Waals surface area contributed by atoms with Crippen LogP contribution in [0.25, 0.3) is 0 Å². The molecule has 0 bridgehead atoms. The van der Waals surface area contributed by atoms with Crippen molar-refractivity contribution in [2.24, 2.45) is 11.8 Å². The number of hydrogen-bond acceptors (Lipinski definition) is 1. The largest absolute Gasteiger partial charge is 0.493 e. The van der Waals surface area contributed by atoms with Gasteiger partial charge in [-0.2, -0.15) is 0 Å². The fourth-order valence-corrected chi connectivity index (χ4v) is 2.31. The van der Waals surface area contributed by atoms with Crippen molar-refractivity contribution in [2.75, 3.05) is 6.61 Å². The maximum absolute atomic E-state index is 6.04. The van der Waals surface area contributed by atoms with Crippen molar-refractivity contribution in [3.8, 4) is 17.6 Å². The van der Waals surface area contributed by atoms with Gasteiger partial charge < -0.3 is 4.74 Å². The average molecular weight is 272 g/mol. The number of rotatable bonds is 5. The molecule has 0 saturated carbocycles. The molecule has 1 aromatic carbocycles. The van der Waals surface area contributed by atoms with Crippen LogP contribution < -0.4 is 4.74 Å². The lowest BCUT2D eigenvalue weighted by molar-refractivity contribution is 0.266. The molecule has 20 heavy (non-hydrogen) atoms. The Bertz CT molecular complexity index is 488. The molecule has 1 heteroatoms. The normalized spacial score (nSPS) is 11.9. The summed E-state index contributed by atoms with van der Waals surface area (Å²) in [5.74, 6) is 8.46. The summed E-state index contributed by atoms with van der Waals surface area (Å²) in [5, 5.41) is 0. The van der Waals surface area contributed by atoms with Crippen LogP contribution in [-0.4, -0.2) is 6.61 Å². The highest BCUT2D eigenvalue weighted by atomic mass is 16.5. The van der Waals surface area contributed by atoms with Gasteiger partial charge in [-0.05, 0) is 37.3 Å². The van der Waals surface area contributed by atoms with Gasteiger partial charge in [-0.25, -0.2) is 0 Å². The van der Waals surface area contributed by atoms with Crippen molar-refractivity contribution in [1.29, 1.82) is 0 Å². The Morgan fingerprint density at radius 2 is 1.85 bits per heavy atom. The van der Waals surface area contributed by atoms with Crippen molar-refractivity contribution in [3.63, 3.8) is 0 Å². The third-order valence-corrected chi connectivity index (χ3v) is 3.11. The summed E-state index contributed by atoms with van der Waals surface area (Å²) in [6, 6.07) is 4.44. The molecule has 1 aromatic rings. The fraction of sp³-hybridized carbons (Fsp3) is 0.579. The van der Waals surface area contributed by atoms with Gasteiger partial charge in [-0.15, -0.1) is 5.92 Å². The van der Waals surface area contributed by atoms with E-state index in [1.165, 1.54) is 16.7 Å². The number of benzene rings is 1. The van der Waals surface area contributed by atoms with Gasteiger partial charge in [-0.3, -0.25) is 0 Å². The van der Waals surface area contributed by atoms with Crippen LogP contribution in [0.4, 0.5) is 0 Å². The zero-order valence-corrected chi connectivity index (χ0v) is 13.8. The second-order valence-electron chi connectivity index (χ2n) is 6.05. The fourth-order valence-electron chi connectivity index (χ4n) is 2.31. The predicted molar refractivity (Wildman–Crippen MR) is 87.2 cm³/mol. The molecule has 110 valence electrons. The average Bonchev–Trinajstić information content (AvgIpc) is 2.34. The molecule has 0 heterocycles. The minimum absolute atomic E-state index is 0.373. The van der Waals surface area contributed by atoms with Crippen LogP contribution in [0.1, 0.15) is 50.8 Å². The molecule has 1 rings (SSSR count). The molecule has 1 unspecified atom stereocenters. The van der Waals surface area contributed by atoms with E-state index >= 15 is 0 Å². The molecule has 0 fully saturated rings. The highest BCUT2D eigenvalue weighted by Crippen LogP contribution is 2.28. The van der Waals surface area contributed by atoms with Crippen LogP contribution in [0, 0.1) is 37.5 Å². The summed E-state index contributed by atoms with van der Waals surface area (Å²) >= 11 is 0. The highest BCUT2D eigenvalue weighted by Gasteiger charge is 2.11. The number of hydrogen-bond donors (Lipinski definition) is 0. The van der Waals surface area contributed by atoms with E-state index in [2.05, 4.69) is 65.5 Å². The van der Waals surface area contributed by atoms with Gasteiger partial charge >= 0.3 is 0 Å². The van der Waals surface area contributed by atoms with E-state index in [1.54, 1.807) is 0 Å². The van der Waals surface area contributed by atoms with Crippen molar-refractivity contribution in [1.82, 2.24) is 0 Å². The molecule has 0 N–H and O–H groups in total. The van der Waals surface area contributed by atoms with Crippen LogP contribution >= 0.6 is 0 Å².